The molecule has 0 spiro atoms. The summed E-state index contributed by atoms with van der Waals surface area (Å²) in [5.41, 5.74) is 5.38. The summed E-state index contributed by atoms with van der Waals surface area (Å²) in [7, 11) is 0. The summed E-state index contributed by atoms with van der Waals surface area (Å²) in [6.45, 7) is 2.18. The van der Waals surface area contributed by atoms with Crippen molar-refractivity contribution in [2.75, 3.05) is 0 Å². The lowest BCUT2D eigenvalue weighted by atomic mass is 9.78. The first-order valence-electron chi connectivity index (χ1n) is 5.18. The van der Waals surface area contributed by atoms with E-state index in [0.717, 1.165) is 25.7 Å². The van der Waals surface area contributed by atoms with Crippen LogP contribution in [0, 0.1) is 11.8 Å². The lowest BCUT2D eigenvalue weighted by Crippen LogP contribution is -2.46. The molecule has 0 amide bonds. The van der Waals surface area contributed by atoms with E-state index in [4.69, 9.17) is 10.8 Å². The molecule has 1 rings (SSSR count). The Labute approximate surface area is 84.1 Å². The first-order chi connectivity index (χ1) is 6.52. The lowest BCUT2D eigenvalue weighted by molar-refractivity contribution is -0.142. The van der Waals surface area contributed by atoms with Crippen molar-refractivity contribution in [3.05, 3.63) is 0 Å². The van der Waals surface area contributed by atoms with Gasteiger partial charge in [-0.2, -0.15) is 0 Å². The molecule has 14 heavy (non-hydrogen) atoms. The fourth-order valence-corrected chi connectivity index (χ4v) is 2.07. The van der Waals surface area contributed by atoms with Crippen LogP contribution in [0.3, 0.4) is 0 Å². The van der Waals surface area contributed by atoms with Crippen LogP contribution in [-0.2, 0) is 4.79 Å². The number of carboxylic acid groups (broad SMARTS) is 1. The summed E-state index contributed by atoms with van der Waals surface area (Å²) in [4.78, 5) is 10.6. The number of aliphatic hydroxyl groups is 1. The van der Waals surface area contributed by atoms with E-state index in [0.29, 0.717) is 5.92 Å². The van der Waals surface area contributed by atoms with E-state index >= 15 is 0 Å². The van der Waals surface area contributed by atoms with E-state index in [9.17, 15) is 9.90 Å². The third kappa shape index (κ3) is 2.69. The molecule has 0 aromatic carbocycles. The minimum Gasteiger partial charge on any atom is -0.480 e. The summed E-state index contributed by atoms with van der Waals surface area (Å²) in [6, 6.07) is -1.13. The van der Waals surface area contributed by atoms with Gasteiger partial charge in [0, 0.05) is 0 Å². The van der Waals surface area contributed by atoms with Crippen molar-refractivity contribution < 1.29 is 15.0 Å². The number of aliphatic carboxylic acids is 1. The molecule has 0 saturated heterocycles. The van der Waals surface area contributed by atoms with Crippen molar-refractivity contribution >= 4 is 5.97 Å². The van der Waals surface area contributed by atoms with Crippen LogP contribution in [0.4, 0.5) is 0 Å². The molecule has 0 bridgehead atoms. The Balaban J connectivity index is 2.45. The molecule has 0 radical (unpaired) electrons. The second-order valence-corrected chi connectivity index (χ2v) is 4.37. The molecule has 0 heterocycles. The number of nitrogens with two attached hydrogens (primary N) is 1. The molecule has 0 aromatic rings. The normalized spacial score (nSPS) is 32.2. The van der Waals surface area contributed by atoms with Gasteiger partial charge in [-0.3, -0.25) is 4.79 Å². The van der Waals surface area contributed by atoms with Crippen molar-refractivity contribution in [2.24, 2.45) is 17.6 Å². The highest BCUT2D eigenvalue weighted by molar-refractivity contribution is 5.73. The molecule has 0 aliphatic heterocycles. The van der Waals surface area contributed by atoms with Gasteiger partial charge < -0.3 is 15.9 Å². The van der Waals surface area contributed by atoms with Gasteiger partial charge in [0.15, 0.2) is 0 Å². The van der Waals surface area contributed by atoms with Crippen molar-refractivity contribution in [1.29, 1.82) is 0 Å². The van der Waals surface area contributed by atoms with Gasteiger partial charge in [0.1, 0.15) is 6.04 Å². The quantitative estimate of drug-likeness (QED) is 0.624. The number of rotatable bonds is 3. The summed E-state index contributed by atoms with van der Waals surface area (Å²) in [5, 5.41) is 18.3. The highest BCUT2D eigenvalue weighted by atomic mass is 16.4. The highest BCUT2D eigenvalue weighted by Gasteiger charge is 2.31. The summed E-state index contributed by atoms with van der Waals surface area (Å²) in [6.07, 6.45) is 3.02. The maximum Gasteiger partial charge on any atom is 0.323 e. The van der Waals surface area contributed by atoms with Crippen molar-refractivity contribution in [2.45, 2.75) is 44.8 Å². The van der Waals surface area contributed by atoms with E-state index in [1.165, 1.54) is 0 Å². The maximum atomic E-state index is 10.6. The van der Waals surface area contributed by atoms with Crippen LogP contribution in [0.25, 0.3) is 0 Å². The average Bonchev–Trinajstić information content (AvgIpc) is 2.16. The molecule has 4 nitrogen and oxygen atoms in total. The second-order valence-electron chi connectivity index (χ2n) is 4.37. The van der Waals surface area contributed by atoms with Gasteiger partial charge in [-0.15, -0.1) is 0 Å². The minimum atomic E-state index is -1.13. The molecule has 4 heteroatoms. The van der Waals surface area contributed by atoms with Crippen molar-refractivity contribution in [3.8, 4) is 0 Å². The third-order valence-electron chi connectivity index (χ3n) is 3.20. The van der Waals surface area contributed by atoms with E-state index in [1.54, 1.807) is 0 Å². The summed E-state index contributed by atoms with van der Waals surface area (Å²) in [5.74, 6) is -0.354. The number of carboxylic acids is 1. The molecule has 2 unspecified atom stereocenters. The van der Waals surface area contributed by atoms with Crippen LogP contribution >= 0.6 is 0 Å². The van der Waals surface area contributed by atoms with Crippen LogP contribution in [0.5, 0.6) is 0 Å². The molecule has 2 atom stereocenters. The van der Waals surface area contributed by atoms with Gasteiger partial charge in [-0.05, 0) is 24.7 Å². The van der Waals surface area contributed by atoms with Crippen molar-refractivity contribution in [3.63, 3.8) is 0 Å². The number of carbonyl (C=O) groups is 1. The Hall–Kier alpha value is -0.610. The highest BCUT2D eigenvalue weighted by Crippen LogP contribution is 2.31. The summed E-state index contributed by atoms with van der Waals surface area (Å²) < 4.78 is 0. The Morgan fingerprint density at radius 2 is 1.86 bits per heavy atom. The van der Waals surface area contributed by atoms with Gasteiger partial charge in [0.2, 0.25) is 0 Å². The number of hydrogen-bond acceptors (Lipinski definition) is 3. The fraction of sp³-hybridized carbons (Fsp3) is 0.900. The Kier molecular flexibility index (Phi) is 3.89. The zero-order valence-electron chi connectivity index (χ0n) is 8.52. The van der Waals surface area contributed by atoms with Crippen LogP contribution < -0.4 is 5.73 Å². The lowest BCUT2D eigenvalue weighted by Gasteiger charge is -2.31. The predicted molar refractivity (Wildman–Crippen MR) is 52.7 cm³/mol. The SMILES string of the molecule is CC1CCC(C(O)C(N)C(=O)O)CC1. The fourth-order valence-electron chi connectivity index (χ4n) is 2.07. The van der Waals surface area contributed by atoms with E-state index in [1.807, 2.05) is 0 Å². The molecule has 82 valence electrons. The number of hydrogen-bond donors (Lipinski definition) is 3. The van der Waals surface area contributed by atoms with Crippen LogP contribution in [0.15, 0.2) is 0 Å². The maximum absolute atomic E-state index is 10.6. The molecule has 1 fully saturated rings. The second kappa shape index (κ2) is 4.75. The van der Waals surface area contributed by atoms with Gasteiger partial charge >= 0.3 is 5.97 Å². The third-order valence-corrected chi connectivity index (χ3v) is 3.20. The zero-order chi connectivity index (χ0) is 10.7. The largest absolute Gasteiger partial charge is 0.480 e. The van der Waals surface area contributed by atoms with E-state index in [2.05, 4.69) is 6.92 Å². The molecule has 4 N–H and O–H groups in total. The topological polar surface area (TPSA) is 83.5 Å². The molecule has 0 aromatic heterocycles. The first-order valence-corrected chi connectivity index (χ1v) is 5.18. The van der Waals surface area contributed by atoms with Crippen LogP contribution in [0.2, 0.25) is 0 Å². The summed E-state index contributed by atoms with van der Waals surface area (Å²) >= 11 is 0. The smallest absolute Gasteiger partial charge is 0.323 e. The van der Waals surface area contributed by atoms with E-state index in [-0.39, 0.29) is 5.92 Å². The Morgan fingerprint density at radius 3 is 2.29 bits per heavy atom. The molecule has 1 saturated carbocycles. The van der Waals surface area contributed by atoms with Crippen LogP contribution in [0.1, 0.15) is 32.6 Å². The Bertz CT molecular complexity index is 200. The molecule has 1 aliphatic carbocycles. The van der Waals surface area contributed by atoms with Gasteiger partial charge in [0.05, 0.1) is 6.10 Å². The van der Waals surface area contributed by atoms with Crippen molar-refractivity contribution in [1.82, 2.24) is 0 Å². The average molecular weight is 201 g/mol. The first kappa shape index (κ1) is 11.5. The molecular weight excluding hydrogens is 182 g/mol. The minimum absolute atomic E-state index is 0.0669. The Morgan fingerprint density at radius 1 is 1.36 bits per heavy atom. The molecule has 1 aliphatic rings. The zero-order valence-corrected chi connectivity index (χ0v) is 8.52. The predicted octanol–water partition coefficient (Wildman–Crippen LogP) is 0.585. The monoisotopic (exact) mass is 201 g/mol. The van der Waals surface area contributed by atoms with Gasteiger partial charge in [0.25, 0.3) is 0 Å². The van der Waals surface area contributed by atoms with E-state index < -0.39 is 18.1 Å². The number of aliphatic hydroxyl groups excluding tert-OH is 1. The molecular formula is C10H19NO3. The van der Waals surface area contributed by atoms with Gasteiger partial charge in [-0.25, -0.2) is 0 Å². The van der Waals surface area contributed by atoms with Crippen LogP contribution in [-0.4, -0.2) is 28.3 Å². The van der Waals surface area contributed by atoms with Gasteiger partial charge in [-0.1, -0.05) is 19.8 Å². The standard InChI is InChI=1S/C10H19NO3/c1-6-2-4-7(5-3-6)9(12)8(11)10(13)14/h6-9,12H,2-5,11H2,1H3,(H,13,14).